The van der Waals surface area contributed by atoms with Crippen LogP contribution >= 0.6 is 0 Å². The summed E-state index contributed by atoms with van der Waals surface area (Å²) in [6.45, 7) is 0.413. The number of hydrogen-bond acceptors (Lipinski definition) is 7. The fourth-order valence-corrected chi connectivity index (χ4v) is 4.43. The maximum atomic E-state index is 12.1. The minimum atomic E-state index is -2.92. The number of sulfone groups is 1. The number of rotatable bonds is 8. The third-order valence-corrected chi connectivity index (χ3v) is 5.73. The third kappa shape index (κ3) is 5.23. The van der Waals surface area contributed by atoms with Crippen molar-refractivity contribution in [3.63, 3.8) is 0 Å². The van der Waals surface area contributed by atoms with Crippen LogP contribution in [-0.4, -0.2) is 59.7 Å². The van der Waals surface area contributed by atoms with Gasteiger partial charge in [-0.1, -0.05) is 0 Å². The molecule has 2 rings (SSSR count). The zero-order valence-corrected chi connectivity index (χ0v) is 15.4. The second-order valence-electron chi connectivity index (χ2n) is 5.77. The van der Waals surface area contributed by atoms with Crippen LogP contribution in [0.15, 0.2) is 12.1 Å². The lowest BCUT2D eigenvalue weighted by molar-refractivity contribution is -0.116. The molecule has 1 unspecified atom stereocenters. The van der Waals surface area contributed by atoms with Gasteiger partial charge >= 0.3 is 0 Å². The molecule has 1 aromatic rings. The molecule has 8 nitrogen and oxygen atoms in total. The zero-order valence-electron chi connectivity index (χ0n) is 14.6. The molecule has 0 spiro atoms. The molecule has 1 aliphatic rings. The van der Waals surface area contributed by atoms with Crippen LogP contribution in [0, 0.1) is 0 Å². The number of anilines is 1. The van der Waals surface area contributed by atoms with E-state index in [0.717, 1.165) is 0 Å². The van der Waals surface area contributed by atoms with Crippen LogP contribution in [0.2, 0.25) is 0 Å². The van der Waals surface area contributed by atoms with Gasteiger partial charge in [-0.05, 0) is 6.42 Å². The maximum Gasteiger partial charge on any atom is 0.225 e. The number of methoxy groups -OCH3 is 3. The summed E-state index contributed by atoms with van der Waals surface area (Å²) in [4.78, 5) is 12.1. The highest BCUT2D eigenvalue weighted by molar-refractivity contribution is 7.91. The molecule has 1 heterocycles. The van der Waals surface area contributed by atoms with Crippen LogP contribution in [0.25, 0.3) is 0 Å². The highest BCUT2D eigenvalue weighted by atomic mass is 32.2. The van der Waals surface area contributed by atoms with Crippen LogP contribution in [0.1, 0.15) is 12.8 Å². The van der Waals surface area contributed by atoms with Gasteiger partial charge in [-0.3, -0.25) is 4.79 Å². The van der Waals surface area contributed by atoms with E-state index in [4.69, 9.17) is 14.2 Å². The van der Waals surface area contributed by atoms with E-state index in [-0.39, 0.29) is 29.9 Å². The van der Waals surface area contributed by atoms with E-state index in [9.17, 15) is 13.2 Å². The van der Waals surface area contributed by atoms with Crippen LogP contribution in [-0.2, 0) is 14.6 Å². The Morgan fingerprint density at radius 1 is 1.16 bits per heavy atom. The van der Waals surface area contributed by atoms with E-state index in [2.05, 4.69) is 10.6 Å². The molecule has 1 aromatic carbocycles. The molecule has 140 valence electrons. The first-order valence-corrected chi connectivity index (χ1v) is 9.74. The normalized spacial score (nSPS) is 18.6. The number of hydrogen-bond donors (Lipinski definition) is 2. The van der Waals surface area contributed by atoms with E-state index >= 15 is 0 Å². The Bertz CT molecular complexity index is 694. The van der Waals surface area contributed by atoms with Crippen molar-refractivity contribution in [1.29, 1.82) is 0 Å². The first kappa shape index (κ1) is 19.3. The SMILES string of the molecule is COc1cc(NC(=O)CCNC2CCS(=O)(=O)C2)cc(OC)c1OC. The molecule has 0 aromatic heterocycles. The minimum absolute atomic E-state index is 0.0704. The van der Waals surface area contributed by atoms with Gasteiger partial charge in [-0.2, -0.15) is 0 Å². The number of amides is 1. The predicted molar refractivity (Wildman–Crippen MR) is 94.4 cm³/mol. The molecular formula is C16H24N2O6S. The van der Waals surface area contributed by atoms with E-state index in [0.29, 0.717) is 35.9 Å². The van der Waals surface area contributed by atoms with Crippen molar-refractivity contribution in [1.82, 2.24) is 5.32 Å². The average Bonchev–Trinajstić information content (AvgIpc) is 2.92. The Hall–Kier alpha value is -2.00. The van der Waals surface area contributed by atoms with E-state index in [1.54, 1.807) is 12.1 Å². The topological polar surface area (TPSA) is 103 Å². The molecular weight excluding hydrogens is 348 g/mol. The molecule has 0 bridgehead atoms. The van der Waals surface area contributed by atoms with Crippen LogP contribution in [0.5, 0.6) is 17.2 Å². The highest BCUT2D eigenvalue weighted by Crippen LogP contribution is 2.39. The fourth-order valence-electron chi connectivity index (χ4n) is 2.72. The molecule has 1 fully saturated rings. The van der Waals surface area contributed by atoms with Gasteiger partial charge in [-0.15, -0.1) is 0 Å². The summed E-state index contributed by atoms with van der Waals surface area (Å²) in [5, 5.41) is 5.88. The van der Waals surface area contributed by atoms with E-state index in [1.165, 1.54) is 21.3 Å². The first-order valence-electron chi connectivity index (χ1n) is 7.92. The Balaban J connectivity index is 1.90. The number of carbonyl (C=O) groups excluding carboxylic acids is 1. The van der Waals surface area contributed by atoms with Gasteiger partial charge in [-0.25, -0.2) is 8.42 Å². The zero-order chi connectivity index (χ0) is 18.4. The monoisotopic (exact) mass is 372 g/mol. The standard InChI is InChI=1S/C16H24N2O6S/c1-22-13-8-12(9-14(23-2)16(13)24-3)18-15(19)4-6-17-11-5-7-25(20,21)10-11/h8-9,11,17H,4-7,10H2,1-3H3,(H,18,19). The molecule has 1 amide bonds. The summed E-state index contributed by atoms with van der Waals surface area (Å²) in [5.41, 5.74) is 0.531. The lowest BCUT2D eigenvalue weighted by Crippen LogP contribution is -2.32. The quantitative estimate of drug-likeness (QED) is 0.696. The molecule has 1 aliphatic heterocycles. The Morgan fingerprint density at radius 3 is 2.28 bits per heavy atom. The van der Waals surface area contributed by atoms with Crippen molar-refractivity contribution in [3.8, 4) is 17.2 Å². The van der Waals surface area contributed by atoms with E-state index in [1.807, 2.05) is 0 Å². The molecule has 0 aliphatic carbocycles. The van der Waals surface area contributed by atoms with Crippen LogP contribution < -0.4 is 24.8 Å². The number of nitrogens with one attached hydrogen (secondary N) is 2. The number of benzene rings is 1. The van der Waals surface area contributed by atoms with Crippen LogP contribution in [0.4, 0.5) is 5.69 Å². The summed E-state index contributed by atoms with van der Waals surface area (Å²) in [7, 11) is 1.59. The van der Waals surface area contributed by atoms with Gasteiger partial charge in [0.15, 0.2) is 21.3 Å². The van der Waals surface area contributed by atoms with Crippen LogP contribution in [0.3, 0.4) is 0 Å². The lowest BCUT2D eigenvalue weighted by Gasteiger charge is -2.15. The minimum Gasteiger partial charge on any atom is -0.493 e. The Labute approximate surface area is 147 Å². The summed E-state index contributed by atoms with van der Waals surface area (Å²) in [6.07, 6.45) is 0.823. The van der Waals surface area contributed by atoms with Crippen molar-refractivity contribution in [2.75, 3.05) is 44.7 Å². The van der Waals surface area contributed by atoms with Crippen molar-refractivity contribution < 1.29 is 27.4 Å². The van der Waals surface area contributed by atoms with Crippen molar-refractivity contribution >= 4 is 21.4 Å². The highest BCUT2D eigenvalue weighted by Gasteiger charge is 2.27. The van der Waals surface area contributed by atoms with Gasteiger partial charge in [0, 0.05) is 36.8 Å². The second kappa shape index (κ2) is 8.39. The summed E-state index contributed by atoms with van der Waals surface area (Å²) in [5.74, 6) is 1.51. The summed E-state index contributed by atoms with van der Waals surface area (Å²) in [6, 6.07) is 3.23. The van der Waals surface area contributed by atoms with Gasteiger partial charge in [0.2, 0.25) is 11.7 Å². The smallest absolute Gasteiger partial charge is 0.225 e. The number of ether oxygens (including phenoxy) is 3. The number of carbonyl (C=O) groups is 1. The molecule has 9 heteroatoms. The molecule has 1 saturated heterocycles. The van der Waals surface area contributed by atoms with Crippen molar-refractivity contribution in [3.05, 3.63) is 12.1 Å². The molecule has 1 atom stereocenters. The third-order valence-electron chi connectivity index (χ3n) is 3.97. The van der Waals surface area contributed by atoms with E-state index < -0.39 is 9.84 Å². The van der Waals surface area contributed by atoms with Gasteiger partial charge in [0.1, 0.15) is 0 Å². The summed E-state index contributed by atoms with van der Waals surface area (Å²) >= 11 is 0. The molecule has 0 saturated carbocycles. The van der Waals surface area contributed by atoms with Crippen molar-refractivity contribution in [2.24, 2.45) is 0 Å². The predicted octanol–water partition coefficient (Wildman–Crippen LogP) is 0.818. The summed E-state index contributed by atoms with van der Waals surface area (Å²) < 4.78 is 38.5. The second-order valence-corrected chi connectivity index (χ2v) is 7.99. The maximum absolute atomic E-state index is 12.1. The Kier molecular flexibility index (Phi) is 6.49. The first-order chi connectivity index (χ1) is 11.9. The average molecular weight is 372 g/mol. The van der Waals surface area contributed by atoms with Gasteiger partial charge in [0.05, 0.1) is 32.8 Å². The largest absolute Gasteiger partial charge is 0.493 e. The molecule has 2 N–H and O–H groups in total. The fraction of sp³-hybridized carbons (Fsp3) is 0.562. The van der Waals surface area contributed by atoms with Gasteiger partial charge in [0.25, 0.3) is 0 Å². The lowest BCUT2D eigenvalue weighted by atomic mass is 10.2. The van der Waals surface area contributed by atoms with Crippen molar-refractivity contribution in [2.45, 2.75) is 18.9 Å². The molecule has 0 radical (unpaired) electrons. The molecule has 25 heavy (non-hydrogen) atoms. The Morgan fingerprint density at radius 2 is 1.80 bits per heavy atom. The van der Waals surface area contributed by atoms with Gasteiger partial charge < -0.3 is 24.8 Å².